The largest absolute Gasteiger partial charge is 0.355 e. The van der Waals surface area contributed by atoms with Gasteiger partial charge in [-0.25, -0.2) is 4.68 Å². The van der Waals surface area contributed by atoms with E-state index in [1.807, 2.05) is 26.1 Å². The Hall–Kier alpha value is -1.32. The molecule has 0 spiro atoms. The molecule has 4 nitrogen and oxygen atoms in total. The second-order valence-corrected chi connectivity index (χ2v) is 2.28. The summed E-state index contributed by atoms with van der Waals surface area (Å²) in [4.78, 5) is 4.26. The van der Waals surface area contributed by atoms with Gasteiger partial charge in [0, 0.05) is 25.5 Å². The molecule has 0 aliphatic carbocycles. The molecule has 1 heterocycles. The van der Waals surface area contributed by atoms with E-state index in [4.69, 9.17) is 0 Å². The molecular weight excluding hydrogens is 152 g/mol. The first kappa shape index (κ1) is 8.77. The molecule has 0 aliphatic rings. The summed E-state index contributed by atoms with van der Waals surface area (Å²) < 4.78 is 1.73. The zero-order valence-electron chi connectivity index (χ0n) is 7.49. The number of rotatable bonds is 2. The lowest BCUT2D eigenvalue weighted by atomic mass is 10.7. The van der Waals surface area contributed by atoms with E-state index in [1.165, 1.54) is 0 Å². The maximum Gasteiger partial charge on any atom is 0.219 e. The van der Waals surface area contributed by atoms with Crippen molar-refractivity contribution in [3.05, 3.63) is 18.5 Å². The first-order valence-corrected chi connectivity index (χ1v) is 4.16. The second kappa shape index (κ2) is 4.54. The quantitative estimate of drug-likeness (QED) is 0.519. The minimum absolute atomic E-state index is 0.766. The number of aliphatic imine (C=N–C) groups is 1. The monoisotopic (exact) mass is 166 g/mol. The molecule has 1 rings (SSSR count). The number of nitrogens with one attached hydrogen (secondary N) is 1. The van der Waals surface area contributed by atoms with Crippen molar-refractivity contribution in [2.24, 2.45) is 4.99 Å². The second-order valence-electron chi connectivity index (χ2n) is 2.28. The summed E-state index contributed by atoms with van der Waals surface area (Å²) in [5.74, 6) is 0.810. The number of aromatic nitrogens is 2. The Morgan fingerprint density at radius 1 is 1.58 bits per heavy atom. The van der Waals surface area contributed by atoms with Crippen molar-refractivity contribution >= 4 is 5.96 Å². The fourth-order valence-corrected chi connectivity index (χ4v) is 0.911. The zero-order chi connectivity index (χ0) is 8.81. The Morgan fingerprint density at radius 2 is 2.42 bits per heavy atom. The Labute approximate surface area is 72.3 Å². The van der Waals surface area contributed by atoms with Crippen LogP contribution < -0.4 is 5.32 Å². The van der Waals surface area contributed by atoms with E-state index in [0.29, 0.717) is 0 Å². The van der Waals surface area contributed by atoms with Crippen LogP contribution in [0.15, 0.2) is 23.5 Å². The Morgan fingerprint density at radius 3 is 2.92 bits per heavy atom. The van der Waals surface area contributed by atoms with Crippen molar-refractivity contribution in [2.75, 3.05) is 13.1 Å². The molecule has 0 aromatic carbocycles. The molecule has 4 heteroatoms. The molecule has 0 atom stereocenters. The molecule has 66 valence electrons. The third-order valence-corrected chi connectivity index (χ3v) is 1.36. The summed E-state index contributed by atoms with van der Waals surface area (Å²) in [7, 11) is 0. The molecule has 0 fully saturated rings. The highest BCUT2D eigenvalue weighted by Crippen LogP contribution is 1.84. The maximum absolute atomic E-state index is 4.26. The molecule has 0 aliphatic heterocycles. The number of hydrogen-bond donors (Lipinski definition) is 1. The molecule has 0 saturated heterocycles. The van der Waals surface area contributed by atoms with Gasteiger partial charge in [-0.05, 0) is 19.9 Å². The molecule has 0 saturated carbocycles. The first-order valence-electron chi connectivity index (χ1n) is 4.16. The van der Waals surface area contributed by atoms with Crippen LogP contribution in [0.25, 0.3) is 0 Å². The van der Waals surface area contributed by atoms with Crippen LogP contribution in [0.3, 0.4) is 0 Å². The summed E-state index contributed by atoms with van der Waals surface area (Å²) in [6, 6.07) is 1.88. The van der Waals surface area contributed by atoms with Gasteiger partial charge in [-0.3, -0.25) is 4.99 Å². The molecule has 1 aromatic rings. The van der Waals surface area contributed by atoms with Crippen LogP contribution in [0.2, 0.25) is 0 Å². The summed E-state index contributed by atoms with van der Waals surface area (Å²) in [6.07, 6.45) is 3.61. The van der Waals surface area contributed by atoms with Gasteiger partial charge in [-0.2, -0.15) is 5.10 Å². The van der Waals surface area contributed by atoms with E-state index >= 15 is 0 Å². The van der Waals surface area contributed by atoms with Gasteiger partial charge >= 0.3 is 0 Å². The highest BCUT2D eigenvalue weighted by Gasteiger charge is 1.97. The van der Waals surface area contributed by atoms with Crippen molar-refractivity contribution in [1.82, 2.24) is 15.1 Å². The molecule has 0 unspecified atom stereocenters. The van der Waals surface area contributed by atoms with Crippen molar-refractivity contribution in [2.45, 2.75) is 13.8 Å². The van der Waals surface area contributed by atoms with Crippen LogP contribution in [0, 0.1) is 0 Å². The van der Waals surface area contributed by atoms with E-state index in [9.17, 15) is 0 Å². The summed E-state index contributed by atoms with van der Waals surface area (Å²) in [5, 5.41) is 7.21. The van der Waals surface area contributed by atoms with E-state index in [-0.39, 0.29) is 0 Å². The molecule has 0 radical (unpaired) electrons. The lowest BCUT2D eigenvalue weighted by Crippen LogP contribution is -2.30. The van der Waals surface area contributed by atoms with Gasteiger partial charge in [0.15, 0.2) is 0 Å². The minimum Gasteiger partial charge on any atom is -0.355 e. The van der Waals surface area contributed by atoms with Gasteiger partial charge in [0.05, 0.1) is 0 Å². The van der Waals surface area contributed by atoms with Crippen molar-refractivity contribution in [3.8, 4) is 0 Å². The zero-order valence-corrected chi connectivity index (χ0v) is 7.49. The molecule has 0 amide bonds. The predicted molar refractivity (Wildman–Crippen MR) is 49.3 cm³/mol. The Bertz CT molecular complexity index is 238. The highest BCUT2D eigenvalue weighted by molar-refractivity contribution is 5.81. The lowest BCUT2D eigenvalue weighted by molar-refractivity contribution is 0.823. The van der Waals surface area contributed by atoms with Gasteiger partial charge in [0.25, 0.3) is 0 Å². The Kier molecular flexibility index (Phi) is 3.32. The third kappa shape index (κ3) is 2.08. The summed E-state index contributed by atoms with van der Waals surface area (Å²) >= 11 is 0. The van der Waals surface area contributed by atoms with Crippen molar-refractivity contribution in [1.29, 1.82) is 0 Å². The van der Waals surface area contributed by atoms with Gasteiger partial charge in [-0.1, -0.05) is 0 Å². The average Bonchev–Trinajstić information content (AvgIpc) is 2.56. The molecular formula is C8H14N4. The average molecular weight is 166 g/mol. The normalized spacial score (nSPS) is 11.7. The fraction of sp³-hybridized carbons (Fsp3) is 0.500. The molecule has 1 aromatic heterocycles. The van der Waals surface area contributed by atoms with E-state index in [2.05, 4.69) is 15.4 Å². The standard InChI is InChI=1S/C8H14N4/c1-3-9-8(10-4-2)12-7-5-6-11-12/h5-7H,3-4H2,1-2H3,(H,9,10). The van der Waals surface area contributed by atoms with E-state index in [1.54, 1.807) is 10.9 Å². The lowest BCUT2D eigenvalue weighted by Gasteiger charge is -2.06. The van der Waals surface area contributed by atoms with E-state index in [0.717, 1.165) is 19.0 Å². The number of hydrogen-bond acceptors (Lipinski definition) is 2. The Balaban J connectivity index is 2.73. The van der Waals surface area contributed by atoms with Crippen LogP contribution in [-0.4, -0.2) is 28.8 Å². The van der Waals surface area contributed by atoms with Crippen LogP contribution in [0.4, 0.5) is 0 Å². The summed E-state index contributed by atoms with van der Waals surface area (Å²) in [5.41, 5.74) is 0. The van der Waals surface area contributed by atoms with Crippen LogP contribution >= 0.6 is 0 Å². The van der Waals surface area contributed by atoms with Gasteiger partial charge in [0.2, 0.25) is 5.96 Å². The topological polar surface area (TPSA) is 42.2 Å². The smallest absolute Gasteiger partial charge is 0.219 e. The first-order chi connectivity index (χ1) is 5.88. The maximum atomic E-state index is 4.26. The SMILES string of the molecule is CCN=C(NCC)n1cccn1. The fourth-order valence-electron chi connectivity index (χ4n) is 0.911. The van der Waals surface area contributed by atoms with Gasteiger partial charge in [-0.15, -0.1) is 0 Å². The van der Waals surface area contributed by atoms with Crippen LogP contribution in [-0.2, 0) is 0 Å². The predicted octanol–water partition coefficient (Wildman–Crippen LogP) is 0.717. The van der Waals surface area contributed by atoms with Gasteiger partial charge < -0.3 is 5.32 Å². The van der Waals surface area contributed by atoms with Crippen molar-refractivity contribution < 1.29 is 0 Å². The van der Waals surface area contributed by atoms with Crippen molar-refractivity contribution in [3.63, 3.8) is 0 Å². The third-order valence-electron chi connectivity index (χ3n) is 1.36. The van der Waals surface area contributed by atoms with E-state index < -0.39 is 0 Å². The van der Waals surface area contributed by atoms with Gasteiger partial charge in [0.1, 0.15) is 0 Å². The number of nitrogens with zero attached hydrogens (tertiary/aromatic N) is 3. The molecule has 1 N–H and O–H groups in total. The summed E-state index contributed by atoms with van der Waals surface area (Å²) in [6.45, 7) is 5.66. The molecule has 12 heavy (non-hydrogen) atoms. The highest BCUT2D eigenvalue weighted by atomic mass is 15.4. The van der Waals surface area contributed by atoms with Crippen LogP contribution in [0.1, 0.15) is 13.8 Å². The molecule has 0 bridgehead atoms. The van der Waals surface area contributed by atoms with Crippen LogP contribution in [0.5, 0.6) is 0 Å². The minimum atomic E-state index is 0.766.